The molecule has 0 atom stereocenters. The van der Waals surface area contributed by atoms with Crippen LogP contribution in [0.2, 0.25) is 5.02 Å². The SMILES string of the molecule is CC(C)(CCNC(=O)c1cnn(Cc2ccccc2Cl)c1)C(=O)O. The molecule has 0 spiro atoms. The summed E-state index contributed by atoms with van der Waals surface area (Å²) >= 11 is 6.11. The lowest BCUT2D eigenvalue weighted by molar-refractivity contribution is -0.147. The maximum Gasteiger partial charge on any atom is 0.309 e. The quantitative estimate of drug-likeness (QED) is 0.805. The highest BCUT2D eigenvalue weighted by molar-refractivity contribution is 6.31. The summed E-state index contributed by atoms with van der Waals surface area (Å²) in [6.07, 6.45) is 3.47. The number of rotatable bonds is 7. The minimum absolute atomic E-state index is 0.276. The van der Waals surface area contributed by atoms with Gasteiger partial charge in [-0.05, 0) is 31.9 Å². The van der Waals surface area contributed by atoms with Gasteiger partial charge in [0.25, 0.3) is 5.91 Å². The minimum Gasteiger partial charge on any atom is -0.481 e. The molecule has 0 bridgehead atoms. The van der Waals surface area contributed by atoms with Crippen molar-refractivity contribution in [2.75, 3.05) is 6.54 Å². The van der Waals surface area contributed by atoms with Gasteiger partial charge in [-0.1, -0.05) is 29.8 Å². The fourth-order valence-corrected chi connectivity index (χ4v) is 2.26. The van der Waals surface area contributed by atoms with Gasteiger partial charge >= 0.3 is 5.97 Å². The lowest BCUT2D eigenvalue weighted by Crippen LogP contribution is -2.31. The third kappa shape index (κ3) is 4.58. The summed E-state index contributed by atoms with van der Waals surface area (Å²) in [5.41, 5.74) is 0.467. The van der Waals surface area contributed by atoms with Gasteiger partial charge in [0.05, 0.1) is 23.7 Å². The molecule has 1 aromatic carbocycles. The van der Waals surface area contributed by atoms with Crippen LogP contribution >= 0.6 is 11.6 Å². The average Bonchev–Trinajstić information content (AvgIpc) is 2.98. The van der Waals surface area contributed by atoms with Crippen molar-refractivity contribution < 1.29 is 14.7 Å². The maximum absolute atomic E-state index is 12.1. The van der Waals surface area contributed by atoms with Crippen molar-refractivity contribution in [1.82, 2.24) is 15.1 Å². The van der Waals surface area contributed by atoms with E-state index < -0.39 is 11.4 Å². The lowest BCUT2D eigenvalue weighted by atomic mass is 9.90. The largest absolute Gasteiger partial charge is 0.481 e. The van der Waals surface area contributed by atoms with Crippen molar-refractivity contribution >= 4 is 23.5 Å². The smallest absolute Gasteiger partial charge is 0.309 e. The van der Waals surface area contributed by atoms with E-state index in [1.165, 1.54) is 6.20 Å². The van der Waals surface area contributed by atoms with Gasteiger partial charge in [-0.3, -0.25) is 14.3 Å². The Balaban J connectivity index is 1.92. The molecule has 2 rings (SSSR count). The van der Waals surface area contributed by atoms with Crippen molar-refractivity contribution in [1.29, 1.82) is 0 Å². The standard InChI is InChI=1S/C17H20ClN3O3/c1-17(2,16(23)24)7-8-19-15(22)13-9-20-21(11-13)10-12-5-3-4-6-14(12)18/h3-6,9,11H,7-8,10H2,1-2H3,(H,19,22)(H,23,24). The summed E-state index contributed by atoms with van der Waals surface area (Å²) in [5, 5.41) is 16.6. The number of aromatic nitrogens is 2. The number of carbonyl (C=O) groups excluding carboxylic acids is 1. The van der Waals surface area contributed by atoms with E-state index in [9.17, 15) is 9.59 Å². The molecule has 0 aliphatic heterocycles. The van der Waals surface area contributed by atoms with Gasteiger partial charge in [0, 0.05) is 17.8 Å². The van der Waals surface area contributed by atoms with E-state index in [0.717, 1.165) is 5.56 Å². The highest BCUT2D eigenvalue weighted by Gasteiger charge is 2.26. The molecular formula is C17H20ClN3O3. The molecule has 0 aliphatic rings. The van der Waals surface area contributed by atoms with Crippen LogP contribution in [0.3, 0.4) is 0 Å². The summed E-state index contributed by atoms with van der Waals surface area (Å²) in [7, 11) is 0. The molecule has 2 N–H and O–H groups in total. The third-order valence-electron chi connectivity index (χ3n) is 3.80. The number of carbonyl (C=O) groups is 2. The Morgan fingerprint density at radius 3 is 2.71 bits per heavy atom. The second kappa shape index (κ2) is 7.49. The summed E-state index contributed by atoms with van der Waals surface area (Å²) in [4.78, 5) is 23.1. The van der Waals surface area contributed by atoms with E-state index in [2.05, 4.69) is 10.4 Å². The Morgan fingerprint density at radius 1 is 1.33 bits per heavy atom. The van der Waals surface area contributed by atoms with Crippen molar-refractivity contribution in [3.05, 3.63) is 52.8 Å². The molecule has 0 saturated heterocycles. The predicted molar refractivity (Wildman–Crippen MR) is 91.1 cm³/mol. The Labute approximate surface area is 145 Å². The number of amides is 1. The monoisotopic (exact) mass is 349 g/mol. The van der Waals surface area contributed by atoms with Gasteiger partial charge in [-0.2, -0.15) is 5.10 Å². The van der Waals surface area contributed by atoms with E-state index in [4.69, 9.17) is 16.7 Å². The molecule has 0 saturated carbocycles. The van der Waals surface area contributed by atoms with Crippen molar-refractivity contribution in [2.24, 2.45) is 5.41 Å². The fraction of sp³-hybridized carbons (Fsp3) is 0.353. The molecule has 6 nitrogen and oxygen atoms in total. The molecule has 1 amide bonds. The highest BCUT2D eigenvalue weighted by atomic mass is 35.5. The van der Waals surface area contributed by atoms with Gasteiger partial charge in [-0.15, -0.1) is 0 Å². The number of nitrogens with one attached hydrogen (secondary N) is 1. The Bertz CT molecular complexity index is 740. The van der Waals surface area contributed by atoms with Crippen LogP contribution in [0.25, 0.3) is 0 Å². The minimum atomic E-state index is -0.885. The Morgan fingerprint density at radius 2 is 2.04 bits per heavy atom. The molecule has 1 aromatic heterocycles. The molecule has 0 aliphatic carbocycles. The van der Waals surface area contributed by atoms with Gasteiger partial charge in [0.15, 0.2) is 0 Å². The van der Waals surface area contributed by atoms with Crippen molar-refractivity contribution in [3.63, 3.8) is 0 Å². The topological polar surface area (TPSA) is 84.2 Å². The first kappa shape index (κ1) is 18.0. The number of carboxylic acid groups (broad SMARTS) is 1. The molecule has 0 fully saturated rings. The van der Waals surface area contributed by atoms with Crippen LogP contribution in [0.5, 0.6) is 0 Å². The zero-order valence-corrected chi connectivity index (χ0v) is 14.4. The van der Waals surface area contributed by atoms with Gasteiger partial charge in [0.2, 0.25) is 0 Å². The molecule has 7 heteroatoms. The van der Waals surface area contributed by atoms with E-state index in [1.807, 2.05) is 18.2 Å². The molecule has 0 unspecified atom stereocenters. The summed E-state index contributed by atoms with van der Waals surface area (Å²) in [6.45, 7) is 4.01. The second-order valence-corrected chi connectivity index (χ2v) is 6.62. The van der Waals surface area contributed by atoms with Crippen LogP contribution in [0.1, 0.15) is 36.2 Å². The van der Waals surface area contributed by atoms with Crippen LogP contribution in [-0.4, -0.2) is 33.3 Å². The summed E-state index contributed by atoms with van der Waals surface area (Å²) in [6, 6.07) is 7.45. The lowest BCUT2D eigenvalue weighted by Gasteiger charge is -2.18. The molecular weight excluding hydrogens is 330 g/mol. The Hall–Kier alpha value is -2.34. The Kier molecular flexibility index (Phi) is 5.62. The first-order valence-corrected chi connectivity index (χ1v) is 7.95. The average molecular weight is 350 g/mol. The van der Waals surface area contributed by atoms with Crippen LogP contribution < -0.4 is 5.32 Å². The third-order valence-corrected chi connectivity index (χ3v) is 4.17. The number of nitrogens with zero attached hydrogens (tertiary/aromatic N) is 2. The zero-order valence-electron chi connectivity index (χ0n) is 13.6. The van der Waals surface area contributed by atoms with Gasteiger partial charge < -0.3 is 10.4 Å². The number of halogens is 1. The van der Waals surface area contributed by atoms with Crippen LogP contribution in [-0.2, 0) is 11.3 Å². The maximum atomic E-state index is 12.1. The van der Waals surface area contributed by atoms with Gasteiger partial charge in [0.1, 0.15) is 0 Å². The number of hydrogen-bond donors (Lipinski definition) is 2. The molecule has 1 heterocycles. The predicted octanol–water partition coefficient (Wildman–Crippen LogP) is 2.82. The van der Waals surface area contributed by atoms with E-state index >= 15 is 0 Å². The molecule has 0 radical (unpaired) electrons. The van der Waals surface area contributed by atoms with E-state index in [-0.39, 0.29) is 12.5 Å². The molecule has 24 heavy (non-hydrogen) atoms. The highest BCUT2D eigenvalue weighted by Crippen LogP contribution is 2.19. The number of hydrogen-bond acceptors (Lipinski definition) is 3. The van der Waals surface area contributed by atoms with Gasteiger partial charge in [-0.25, -0.2) is 0 Å². The normalized spacial score (nSPS) is 11.3. The van der Waals surface area contributed by atoms with E-state index in [0.29, 0.717) is 23.6 Å². The van der Waals surface area contributed by atoms with Crippen LogP contribution in [0, 0.1) is 5.41 Å². The molecule has 2 aromatic rings. The first-order chi connectivity index (χ1) is 11.3. The summed E-state index contributed by atoms with van der Waals surface area (Å²) < 4.78 is 1.64. The first-order valence-electron chi connectivity index (χ1n) is 7.57. The fourth-order valence-electron chi connectivity index (χ4n) is 2.07. The summed E-state index contributed by atoms with van der Waals surface area (Å²) in [5.74, 6) is -1.16. The number of carboxylic acids is 1. The molecule has 128 valence electrons. The van der Waals surface area contributed by atoms with E-state index in [1.54, 1.807) is 30.8 Å². The van der Waals surface area contributed by atoms with Crippen LogP contribution in [0.4, 0.5) is 0 Å². The second-order valence-electron chi connectivity index (χ2n) is 6.21. The van der Waals surface area contributed by atoms with Crippen LogP contribution in [0.15, 0.2) is 36.7 Å². The number of benzene rings is 1. The number of aliphatic carboxylic acids is 1. The van der Waals surface area contributed by atoms with Crippen molar-refractivity contribution in [2.45, 2.75) is 26.8 Å². The zero-order chi connectivity index (χ0) is 17.7. The van der Waals surface area contributed by atoms with Crippen molar-refractivity contribution in [3.8, 4) is 0 Å².